The first kappa shape index (κ1) is 8.59. The Labute approximate surface area is 70.6 Å². The lowest BCUT2D eigenvalue weighted by atomic mass is 10.2. The van der Waals surface area contributed by atoms with Crippen LogP contribution in [-0.2, 0) is 4.79 Å². The summed E-state index contributed by atoms with van der Waals surface area (Å²) in [5.74, 6) is 0.825. The Morgan fingerprint density at radius 3 is 2.92 bits per heavy atom. The van der Waals surface area contributed by atoms with E-state index >= 15 is 0 Å². The van der Waals surface area contributed by atoms with Crippen LogP contribution in [0.5, 0.6) is 11.5 Å². The van der Waals surface area contributed by atoms with Crippen molar-refractivity contribution >= 4 is 6.29 Å². The van der Waals surface area contributed by atoms with Crippen LogP contribution in [0.4, 0.5) is 0 Å². The zero-order chi connectivity index (χ0) is 8.97. The molecule has 0 heterocycles. The van der Waals surface area contributed by atoms with Gasteiger partial charge >= 0.3 is 0 Å². The van der Waals surface area contributed by atoms with E-state index in [0.717, 1.165) is 5.56 Å². The van der Waals surface area contributed by atoms with Crippen molar-refractivity contribution in [2.24, 2.45) is 0 Å². The Kier molecular flexibility index (Phi) is 2.69. The molecule has 0 aromatic heterocycles. The highest BCUT2D eigenvalue weighted by Gasteiger charge is 1.98. The van der Waals surface area contributed by atoms with Gasteiger partial charge in [0.15, 0.2) is 6.29 Å². The SMILES string of the molecule is Cc1cc(O)ccc1OCC=O. The molecule has 0 aliphatic carbocycles. The van der Waals surface area contributed by atoms with Crippen LogP contribution in [0.3, 0.4) is 0 Å². The number of ether oxygens (including phenoxy) is 1. The van der Waals surface area contributed by atoms with Crippen molar-refractivity contribution in [1.29, 1.82) is 0 Å². The molecule has 64 valence electrons. The van der Waals surface area contributed by atoms with Gasteiger partial charge in [0.2, 0.25) is 0 Å². The molecule has 0 aliphatic heterocycles. The molecule has 0 spiro atoms. The number of hydrogen-bond donors (Lipinski definition) is 1. The second kappa shape index (κ2) is 3.76. The summed E-state index contributed by atoms with van der Waals surface area (Å²) in [6, 6.07) is 4.74. The molecule has 3 heteroatoms. The van der Waals surface area contributed by atoms with Crippen molar-refractivity contribution in [2.75, 3.05) is 6.61 Å². The van der Waals surface area contributed by atoms with Gasteiger partial charge in [0.05, 0.1) is 0 Å². The molecule has 0 atom stereocenters. The average Bonchev–Trinajstić information content (AvgIpc) is 2.03. The second-order valence-corrected chi connectivity index (χ2v) is 2.43. The molecule has 0 saturated heterocycles. The number of hydrogen-bond acceptors (Lipinski definition) is 3. The number of aldehydes is 1. The van der Waals surface area contributed by atoms with E-state index in [-0.39, 0.29) is 12.4 Å². The van der Waals surface area contributed by atoms with E-state index in [9.17, 15) is 4.79 Å². The van der Waals surface area contributed by atoms with E-state index in [1.54, 1.807) is 19.1 Å². The lowest BCUT2D eigenvalue weighted by Crippen LogP contribution is -1.98. The first-order valence-electron chi connectivity index (χ1n) is 3.60. The van der Waals surface area contributed by atoms with Gasteiger partial charge in [-0.3, -0.25) is 4.79 Å². The minimum Gasteiger partial charge on any atom is -0.508 e. The van der Waals surface area contributed by atoms with Crippen LogP contribution < -0.4 is 4.74 Å². The molecule has 0 saturated carbocycles. The third kappa shape index (κ3) is 1.99. The van der Waals surface area contributed by atoms with Gasteiger partial charge in [-0.1, -0.05) is 0 Å². The summed E-state index contributed by atoms with van der Waals surface area (Å²) in [5.41, 5.74) is 0.817. The van der Waals surface area contributed by atoms with Gasteiger partial charge < -0.3 is 9.84 Å². The fourth-order valence-electron chi connectivity index (χ4n) is 0.919. The van der Waals surface area contributed by atoms with Crippen molar-refractivity contribution in [2.45, 2.75) is 6.92 Å². The highest BCUT2D eigenvalue weighted by molar-refractivity contribution is 5.52. The van der Waals surface area contributed by atoms with Gasteiger partial charge in [0, 0.05) is 0 Å². The molecule has 0 amide bonds. The summed E-state index contributed by atoms with van der Waals surface area (Å²) in [7, 11) is 0. The van der Waals surface area contributed by atoms with Crippen molar-refractivity contribution in [3.8, 4) is 11.5 Å². The van der Waals surface area contributed by atoms with E-state index in [0.29, 0.717) is 12.0 Å². The van der Waals surface area contributed by atoms with Gasteiger partial charge in [0.1, 0.15) is 18.1 Å². The van der Waals surface area contributed by atoms with Crippen LogP contribution in [0.15, 0.2) is 18.2 Å². The van der Waals surface area contributed by atoms with Crippen LogP contribution in [0, 0.1) is 6.92 Å². The number of phenols is 1. The maximum absolute atomic E-state index is 9.98. The Balaban J connectivity index is 2.78. The molecular formula is C9H10O3. The predicted octanol–water partition coefficient (Wildman–Crippen LogP) is 1.28. The third-order valence-electron chi connectivity index (χ3n) is 1.47. The zero-order valence-electron chi connectivity index (χ0n) is 6.78. The number of carbonyl (C=O) groups excluding carboxylic acids is 1. The largest absolute Gasteiger partial charge is 0.508 e. The standard InChI is InChI=1S/C9H10O3/c1-7-6-8(11)2-3-9(7)12-5-4-10/h2-4,6,11H,5H2,1H3. The number of aryl methyl sites for hydroxylation is 1. The van der Waals surface area contributed by atoms with Gasteiger partial charge in [-0.15, -0.1) is 0 Å². The highest BCUT2D eigenvalue weighted by atomic mass is 16.5. The zero-order valence-corrected chi connectivity index (χ0v) is 6.78. The normalized spacial score (nSPS) is 9.42. The van der Waals surface area contributed by atoms with E-state index in [1.807, 2.05) is 0 Å². The summed E-state index contributed by atoms with van der Waals surface area (Å²) in [5, 5.41) is 9.04. The number of aromatic hydroxyl groups is 1. The first-order chi connectivity index (χ1) is 5.74. The van der Waals surface area contributed by atoms with Crippen molar-refractivity contribution in [1.82, 2.24) is 0 Å². The van der Waals surface area contributed by atoms with E-state index < -0.39 is 0 Å². The summed E-state index contributed by atoms with van der Waals surface area (Å²) in [4.78, 5) is 9.98. The maximum atomic E-state index is 9.98. The topological polar surface area (TPSA) is 46.5 Å². The molecule has 0 unspecified atom stereocenters. The molecule has 1 aromatic rings. The highest BCUT2D eigenvalue weighted by Crippen LogP contribution is 2.21. The summed E-state index contributed by atoms with van der Waals surface area (Å²) in [6.45, 7) is 1.85. The predicted molar refractivity (Wildman–Crippen MR) is 44.4 cm³/mol. The lowest BCUT2D eigenvalue weighted by Gasteiger charge is -2.05. The number of phenolic OH excluding ortho intramolecular Hbond substituents is 1. The minimum atomic E-state index is 0.0472. The second-order valence-electron chi connectivity index (χ2n) is 2.43. The van der Waals surface area contributed by atoms with Gasteiger partial charge in [-0.25, -0.2) is 0 Å². The Bertz CT molecular complexity index is 281. The molecular weight excluding hydrogens is 156 g/mol. The van der Waals surface area contributed by atoms with Gasteiger partial charge in [-0.2, -0.15) is 0 Å². The molecule has 0 radical (unpaired) electrons. The van der Waals surface area contributed by atoms with Crippen molar-refractivity contribution in [3.05, 3.63) is 23.8 Å². The van der Waals surface area contributed by atoms with E-state index in [1.165, 1.54) is 6.07 Å². The van der Waals surface area contributed by atoms with Gasteiger partial charge in [0.25, 0.3) is 0 Å². The van der Waals surface area contributed by atoms with Crippen LogP contribution in [0.25, 0.3) is 0 Å². The molecule has 3 nitrogen and oxygen atoms in total. The van der Waals surface area contributed by atoms with Gasteiger partial charge in [-0.05, 0) is 30.7 Å². The Morgan fingerprint density at radius 1 is 1.58 bits per heavy atom. The van der Waals surface area contributed by atoms with Crippen LogP contribution in [0.2, 0.25) is 0 Å². The summed E-state index contributed by atoms with van der Waals surface area (Å²) < 4.78 is 5.06. The molecule has 0 fully saturated rings. The Morgan fingerprint density at radius 2 is 2.33 bits per heavy atom. The molecule has 12 heavy (non-hydrogen) atoms. The van der Waals surface area contributed by atoms with Crippen LogP contribution in [0.1, 0.15) is 5.56 Å². The van der Waals surface area contributed by atoms with Crippen molar-refractivity contribution in [3.63, 3.8) is 0 Å². The minimum absolute atomic E-state index is 0.0472. The van der Waals surface area contributed by atoms with Crippen molar-refractivity contribution < 1.29 is 14.6 Å². The maximum Gasteiger partial charge on any atom is 0.157 e. The fourth-order valence-corrected chi connectivity index (χ4v) is 0.919. The molecule has 1 aromatic carbocycles. The summed E-state index contributed by atoms with van der Waals surface area (Å²) in [6.07, 6.45) is 0.687. The lowest BCUT2D eigenvalue weighted by molar-refractivity contribution is -0.109. The molecule has 0 bridgehead atoms. The number of carbonyl (C=O) groups is 1. The third-order valence-corrected chi connectivity index (χ3v) is 1.47. The Hall–Kier alpha value is -1.51. The van der Waals surface area contributed by atoms with Crippen LogP contribution >= 0.6 is 0 Å². The van der Waals surface area contributed by atoms with E-state index in [4.69, 9.17) is 9.84 Å². The monoisotopic (exact) mass is 166 g/mol. The molecule has 1 rings (SSSR count). The first-order valence-corrected chi connectivity index (χ1v) is 3.60. The molecule has 0 aliphatic rings. The quantitative estimate of drug-likeness (QED) is 0.688. The molecule has 1 N–H and O–H groups in total. The number of rotatable bonds is 3. The average molecular weight is 166 g/mol. The smallest absolute Gasteiger partial charge is 0.157 e. The fraction of sp³-hybridized carbons (Fsp3) is 0.222. The van der Waals surface area contributed by atoms with E-state index in [2.05, 4.69) is 0 Å². The number of benzene rings is 1. The van der Waals surface area contributed by atoms with Crippen LogP contribution in [-0.4, -0.2) is 18.0 Å². The summed E-state index contributed by atoms with van der Waals surface area (Å²) >= 11 is 0.